The summed E-state index contributed by atoms with van der Waals surface area (Å²) in [6, 6.07) is 4.10. The molecule has 0 saturated carbocycles. The van der Waals surface area contributed by atoms with E-state index in [-0.39, 0.29) is 37.6 Å². The van der Waals surface area contributed by atoms with Crippen LogP contribution in [0.5, 0.6) is 5.75 Å². The zero-order chi connectivity index (χ0) is 8.43. The molecule has 5 heteroatoms. The van der Waals surface area contributed by atoms with Crippen molar-refractivity contribution in [3.8, 4) is 5.75 Å². The van der Waals surface area contributed by atoms with E-state index in [1.807, 2.05) is 0 Å². The number of nitro benzene ring substituents is 1. The first-order chi connectivity index (χ1) is 5.11. The fraction of sp³-hybridized carbons (Fsp3) is 0. The van der Waals surface area contributed by atoms with E-state index in [9.17, 15) is 10.1 Å². The van der Waals surface area contributed by atoms with Crippen LogP contribution in [0.3, 0.4) is 0 Å². The van der Waals surface area contributed by atoms with E-state index in [2.05, 4.69) is 0 Å². The molecule has 0 fully saturated rings. The molecule has 0 bridgehead atoms. The van der Waals surface area contributed by atoms with E-state index in [0.717, 1.165) is 0 Å². The Morgan fingerprint density at radius 3 is 2.64 bits per heavy atom. The van der Waals surface area contributed by atoms with Crippen molar-refractivity contribution in [2.24, 2.45) is 0 Å². The van der Waals surface area contributed by atoms with E-state index in [1.165, 1.54) is 18.2 Å². The zero-order valence-electron chi connectivity index (χ0n) is 5.65. The van der Waals surface area contributed by atoms with E-state index < -0.39 is 4.92 Å². The molecule has 0 aliphatic rings. The zero-order valence-corrected chi connectivity index (χ0v) is 11.1. The summed E-state index contributed by atoms with van der Waals surface area (Å²) < 4.78 is 0.662. The van der Waals surface area contributed by atoms with Gasteiger partial charge in [-0.3, -0.25) is 0 Å². The third-order valence-corrected chi connectivity index (χ3v) is 3.46. The number of rotatable bonds is 1. The fourth-order valence-electron chi connectivity index (χ4n) is 0.750. The third-order valence-electron chi connectivity index (χ3n) is 1.26. The van der Waals surface area contributed by atoms with Crippen molar-refractivity contribution in [2.45, 2.75) is 0 Å². The van der Waals surface area contributed by atoms with Gasteiger partial charge in [0.25, 0.3) is 0 Å². The standard InChI is InChI=1S/C6H4NO3.Hg/c8-6-3-1-5(2-4-6)7(9)10;/h1,3-4,8H;. The van der Waals surface area contributed by atoms with Crippen molar-refractivity contribution < 1.29 is 36.2 Å². The number of nitrogens with zero attached hydrogens (tertiary/aromatic N) is 1. The van der Waals surface area contributed by atoms with Gasteiger partial charge in [0.15, 0.2) is 0 Å². The first-order valence-corrected chi connectivity index (χ1v) is 5.65. The number of phenolic OH excluding ortho intramolecular Hbond substituents is 1. The topological polar surface area (TPSA) is 63.4 Å². The van der Waals surface area contributed by atoms with Gasteiger partial charge in [0.2, 0.25) is 0 Å². The summed E-state index contributed by atoms with van der Waals surface area (Å²) in [7, 11) is 0. The molecule has 0 aliphatic heterocycles. The van der Waals surface area contributed by atoms with E-state index in [4.69, 9.17) is 5.11 Å². The molecule has 0 saturated heterocycles. The summed E-state index contributed by atoms with van der Waals surface area (Å²) in [5.41, 5.74) is 0.117. The summed E-state index contributed by atoms with van der Waals surface area (Å²) >= 11 is 0.166. The van der Waals surface area contributed by atoms with Gasteiger partial charge >= 0.3 is 79.0 Å². The van der Waals surface area contributed by atoms with E-state index >= 15 is 0 Å². The molecular weight excluding hydrogens is 335 g/mol. The van der Waals surface area contributed by atoms with Gasteiger partial charge in [0, 0.05) is 0 Å². The molecule has 0 aromatic heterocycles. The Hall–Kier alpha value is -0.645. The number of hydrogen-bond acceptors (Lipinski definition) is 3. The molecule has 0 radical (unpaired) electrons. The molecule has 1 rings (SSSR count). The van der Waals surface area contributed by atoms with Crippen LogP contribution in [0.15, 0.2) is 18.2 Å². The first-order valence-electron chi connectivity index (χ1n) is 2.90. The second-order valence-electron chi connectivity index (χ2n) is 2.07. The minimum atomic E-state index is -0.429. The summed E-state index contributed by atoms with van der Waals surface area (Å²) in [4.78, 5) is 9.86. The molecule has 0 amide bonds. The molecule has 53 valence electrons. The van der Waals surface area contributed by atoms with Gasteiger partial charge in [-0.05, 0) is 0 Å². The normalized spacial score (nSPS) is 9.64. The Bertz CT molecular complexity index is 300. The van der Waals surface area contributed by atoms with Crippen LogP contribution < -0.4 is 3.07 Å². The monoisotopic (exact) mass is 340 g/mol. The molecule has 0 spiro atoms. The van der Waals surface area contributed by atoms with Crippen LogP contribution in [0.25, 0.3) is 0 Å². The molecule has 4 nitrogen and oxygen atoms in total. The quantitative estimate of drug-likeness (QED) is 0.460. The molecule has 0 atom stereocenters. The summed E-state index contributed by atoms with van der Waals surface area (Å²) in [5.74, 6) is 0.0978. The van der Waals surface area contributed by atoms with E-state index in [1.54, 1.807) is 0 Å². The summed E-state index contributed by atoms with van der Waals surface area (Å²) in [6.07, 6.45) is 0. The predicted octanol–water partition coefficient (Wildman–Crippen LogP) is 0.472. The number of phenols is 1. The van der Waals surface area contributed by atoms with Crippen molar-refractivity contribution in [3.05, 3.63) is 28.3 Å². The predicted molar refractivity (Wildman–Crippen MR) is 34.4 cm³/mol. The summed E-state index contributed by atoms with van der Waals surface area (Å²) in [5, 5.41) is 19.2. The van der Waals surface area contributed by atoms with Crippen molar-refractivity contribution >= 4 is 8.76 Å². The summed E-state index contributed by atoms with van der Waals surface area (Å²) in [6.45, 7) is 0. The van der Waals surface area contributed by atoms with Crippen molar-refractivity contribution in [2.75, 3.05) is 0 Å². The Morgan fingerprint density at radius 2 is 2.18 bits per heavy atom. The van der Waals surface area contributed by atoms with Crippen LogP contribution >= 0.6 is 0 Å². The van der Waals surface area contributed by atoms with Gasteiger partial charge in [-0.15, -0.1) is 0 Å². The Kier molecular flexibility index (Phi) is 2.43. The number of hydrogen-bond donors (Lipinski definition) is 1. The second kappa shape index (κ2) is 3.17. The van der Waals surface area contributed by atoms with E-state index in [0.29, 0.717) is 3.07 Å². The Labute approximate surface area is 79.0 Å². The Morgan fingerprint density at radius 1 is 1.55 bits per heavy atom. The van der Waals surface area contributed by atoms with Gasteiger partial charge < -0.3 is 0 Å². The van der Waals surface area contributed by atoms with Gasteiger partial charge in [0.05, 0.1) is 0 Å². The Balaban J connectivity index is 3.20. The van der Waals surface area contributed by atoms with Gasteiger partial charge in [0.1, 0.15) is 0 Å². The van der Waals surface area contributed by atoms with Gasteiger partial charge in [-0.25, -0.2) is 0 Å². The van der Waals surface area contributed by atoms with Crippen molar-refractivity contribution in [1.82, 2.24) is 0 Å². The maximum atomic E-state index is 10.3. The van der Waals surface area contributed by atoms with Crippen LogP contribution in [-0.4, -0.2) is 10.0 Å². The molecule has 1 N–H and O–H groups in total. The number of aromatic hydroxyl groups is 1. The van der Waals surface area contributed by atoms with Crippen LogP contribution in [-0.2, 0) is 26.1 Å². The number of nitro groups is 1. The minimum absolute atomic E-state index is 0.0978. The molecule has 0 aliphatic carbocycles. The molecule has 0 unspecified atom stereocenters. The SMILES string of the molecule is O=[N+]([O-])c1ccc(O)c[c]1[Hg]. The maximum absolute atomic E-state index is 10.3. The molecule has 1 aromatic rings. The van der Waals surface area contributed by atoms with Gasteiger partial charge in [-0.2, -0.15) is 0 Å². The average molecular weight is 339 g/mol. The average Bonchev–Trinajstić information content (AvgIpc) is 1.85. The number of benzene rings is 1. The molecular formula is C6H4HgNO3. The second-order valence-corrected chi connectivity index (χ2v) is 5.03. The first kappa shape index (κ1) is 8.45. The van der Waals surface area contributed by atoms with Crippen LogP contribution in [0, 0.1) is 10.1 Å². The van der Waals surface area contributed by atoms with Crippen LogP contribution in [0.2, 0.25) is 0 Å². The fourth-order valence-corrected chi connectivity index (χ4v) is 2.52. The van der Waals surface area contributed by atoms with Gasteiger partial charge in [-0.1, -0.05) is 0 Å². The third kappa shape index (κ3) is 1.89. The van der Waals surface area contributed by atoms with Crippen molar-refractivity contribution in [1.29, 1.82) is 0 Å². The molecule has 11 heavy (non-hydrogen) atoms. The van der Waals surface area contributed by atoms with Crippen molar-refractivity contribution in [3.63, 3.8) is 0 Å². The molecule has 0 heterocycles. The van der Waals surface area contributed by atoms with Crippen LogP contribution in [0.4, 0.5) is 5.69 Å². The van der Waals surface area contributed by atoms with Crippen LogP contribution in [0.1, 0.15) is 0 Å². The molecule has 1 aromatic carbocycles.